The molecule has 0 spiro atoms. The van der Waals surface area contributed by atoms with E-state index in [-0.39, 0.29) is 11.4 Å². The average Bonchev–Trinajstić information content (AvgIpc) is 3.01. The highest BCUT2D eigenvalue weighted by molar-refractivity contribution is 5.68. The normalized spacial score (nSPS) is 34.2. The van der Waals surface area contributed by atoms with E-state index in [1.54, 1.807) is 6.92 Å². The highest BCUT2D eigenvalue weighted by Crippen LogP contribution is 2.64. The molecule has 0 aromatic heterocycles. The minimum Gasteiger partial charge on any atom is -0.508 e. The maximum atomic E-state index is 11.6. The van der Waals surface area contributed by atoms with Crippen LogP contribution in [0.25, 0.3) is 0 Å². The van der Waals surface area contributed by atoms with Crippen LogP contribution in [0.4, 0.5) is 0 Å². The lowest BCUT2D eigenvalue weighted by atomic mass is 9.53. The van der Waals surface area contributed by atoms with Gasteiger partial charge >= 0.3 is 5.97 Å². The third-order valence-corrected chi connectivity index (χ3v) is 8.15. The fraction of sp³-hybridized carbons (Fsp3) is 0.654. The minimum absolute atomic E-state index is 0.162. The molecule has 0 saturated heterocycles. The molecular formula is C26H34O4. The Hall–Kier alpha value is -1.99. The van der Waals surface area contributed by atoms with Crippen molar-refractivity contribution in [1.82, 2.24) is 0 Å². The van der Waals surface area contributed by atoms with Gasteiger partial charge in [0.2, 0.25) is 0 Å². The molecule has 30 heavy (non-hydrogen) atoms. The first-order valence-electron chi connectivity index (χ1n) is 11.6. The summed E-state index contributed by atoms with van der Waals surface area (Å²) in [4.78, 5) is 11.2. The van der Waals surface area contributed by atoms with Gasteiger partial charge in [-0.15, -0.1) is 5.92 Å². The smallest absolute Gasteiger partial charge is 0.305 e. The largest absolute Gasteiger partial charge is 0.508 e. The van der Waals surface area contributed by atoms with Gasteiger partial charge in [0, 0.05) is 18.3 Å². The van der Waals surface area contributed by atoms with Gasteiger partial charge in [0.1, 0.15) is 11.4 Å². The molecule has 2 N–H and O–H groups in total. The van der Waals surface area contributed by atoms with Crippen molar-refractivity contribution in [3.05, 3.63) is 29.3 Å². The summed E-state index contributed by atoms with van der Waals surface area (Å²) >= 11 is 0. The molecule has 4 nitrogen and oxygen atoms in total. The number of hydrogen-bond donors (Lipinski definition) is 2. The number of aliphatic hydroxyl groups is 1. The minimum atomic E-state index is -0.919. The zero-order valence-corrected chi connectivity index (χ0v) is 18.2. The number of ether oxygens (including phenoxy) is 1. The second-order valence-corrected chi connectivity index (χ2v) is 9.63. The van der Waals surface area contributed by atoms with E-state index in [1.807, 2.05) is 12.1 Å². The van der Waals surface area contributed by atoms with E-state index in [0.29, 0.717) is 49.4 Å². The van der Waals surface area contributed by atoms with Crippen molar-refractivity contribution in [3.8, 4) is 17.6 Å². The lowest BCUT2D eigenvalue weighted by Gasteiger charge is -2.52. The van der Waals surface area contributed by atoms with Crippen LogP contribution < -0.4 is 0 Å². The fourth-order valence-corrected chi connectivity index (χ4v) is 6.45. The zero-order chi connectivity index (χ0) is 21.4. The van der Waals surface area contributed by atoms with Crippen molar-refractivity contribution in [2.24, 2.45) is 17.3 Å². The summed E-state index contributed by atoms with van der Waals surface area (Å²) in [6.07, 6.45) is 7.74. The number of esters is 1. The lowest BCUT2D eigenvalue weighted by molar-refractivity contribution is -0.143. The summed E-state index contributed by atoms with van der Waals surface area (Å²) in [6.45, 7) is 4.45. The van der Waals surface area contributed by atoms with Gasteiger partial charge in [-0.3, -0.25) is 4.79 Å². The third-order valence-electron chi connectivity index (χ3n) is 8.15. The van der Waals surface area contributed by atoms with E-state index in [4.69, 9.17) is 4.74 Å². The summed E-state index contributed by atoms with van der Waals surface area (Å²) in [5, 5.41) is 21.4. The molecule has 1 aromatic carbocycles. The standard InChI is InChI=1S/C26H34O4/c1-3-24(28)30-16-6-4-5-13-26(29)15-12-23-22-9-7-18-17-19(27)8-10-20(18)21(22)11-14-25(23,26)2/h8,10,17,21-23,27,29H,3-4,6-7,9,11-12,14-16H2,1-2H3/t21?,22?,23?,25-,26-/m0/s1. The van der Waals surface area contributed by atoms with Crippen molar-refractivity contribution >= 4 is 5.97 Å². The van der Waals surface area contributed by atoms with E-state index in [9.17, 15) is 15.0 Å². The Morgan fingerprint density at radius 3 is 2.90 bits per heavy atom. The van der Waals surface area contributed by atoms with E-state index in [2.05, 4.69) is 24.8 Å². The van der Waals surface area contributed by atoms with Crippen molar-refractivity contribution in [2.75, 3.05) is 6.61 Å². The van der Waals surface area contributed by atoms with Gasteiger partial charge in [0.15, 0.2) is 0 Å². The lowest BCUT2D eigenvalue weighted by Crippen LogP contribution is -2.50. The number of phenols is 1. The molecule has 2 saturated carbocycles. The van der Waals surface area contributed by atoms with Crippen molar-refractivity contribution < 1.29 is 19.7 Å². The molecule has 0 amide bonds. The van der Waals surface area contributed by atoms with Crippen LogP contribution in [0.1, 0.15) is 82.3 Å². The molecule has 0 bridgehead atoms. The van der Waals surface area contributed by atoms with Crippen molar-refractivity contribution in [1.29, 1.82) is 0 Å². The predicted molar refractivity (Wildman–Crippen MR) is 116 cm³/mol. The molecule has 3 unspecified atom stereocenters. The number of carbonyl (C=O) groups is 1. The molecule has 0 aliphatic heterocycles. The summed E-state index contributed by atoms with van der Waals surface area (Å²) in [6, 6.07) is 5.88. The Bertz CT molecular complexity index is 866. The molecule has 4 rings (SSSR count). The van der Waals surface area contributed by atoms with Gasteiger partial charge < -0.3 is 14.9 Å². The summed E-state index contributed by atoms with van der Waals surface area (Å²) < 4.78 is 5.10. The Morgan fingerprint density at radius 2 is 2.10 bits per heavy atom. The maximum absolute atomic E-state index is 11.6. The van der Waals surface area contributed by atoms with Gasteiger partial charge in [-0.25, -0.2) is 0 Å². The first kappa shape index (κ1) is 21.2. The summed E-state index contributed by atoms with van der Waals surface area (Å²) in [5.41, 5.74) is 1.63. The number of hydrogen-bond acceptors (Lipinski definition) is 4. The summed E-state index contributed by atoms with van der Waals surface area (Å²) in [5.74, 6) is 8.25. The van der Waals surface area contributed by atoms with Gasteiger partial charge in [0.05, 0.1) is 6.61 Å². The third kappa shape index (κ3) is 3.62. The Kier molecular flexibility index (Phi) is 5.86. The van der Waals surface area contributed by atoms with Crippen LogP contribution >= 0.6 is 0 Å². The van der Waals surface area contributed by atoms with Gasteiger partial charge in [-0.2, -0.15) is 0 Å². The van der Waals surface area contributed by atoms with Crippen molar-refractivity contribution in [3.63, 3.8) is 0 Å². The second-order valence-electron chi connectivity index (χ2n) is 9.63. The first-order chi connectivity index (χ1) is 14.4. The highest BCUT2D eigenvalue weighted by atomic mass is 16.5. The van der Waals surface area contributed by atoms with Crippen LogP contribution in [-0.4, -0.2) is 28.4 Å². The van der Waals surface area contributed by atoms with E-state index >= 15 is 0 Å². The van der Waals surface area contributed by atoms with Gasteiger partial charge in [0.25, 0.3) is 0 Å². The van der Waals surface area contributed by atoms with Crippen LogP contribution in [0, 0.1) is 29.1 Å². The molecule has 1 aromatic rings. The molecule has 4 heteroatoms. The number of aromatic hydroxyl groups is 1. The van der Waals surface area contributed by atoms with Crippen molar-refractivity contribution in [2.45, 2.75) is 83.2 Å². The zero-order valence-electron chi connectivity index (χ0n) is 18.2. The average molecular weight is 411 g/mol. The molecule has 2 fully saturated rings. The Balaban J connectivity index is 1.44. The first-order valence-corrected chi connectivity index (χ1v) is 11.6. The topological polar surface area (TPSA) is 66.8 Å². The van der Waals surface area contributed by atoms with Crippen LogP contribution in [0.2, 0.25) is 0 Å². The monoisotopic (exact) mass is 410 g/mol. The van der Waals surface area contributed by atoms with Gasteiger partial charge in [-0.05, 0) is 86.0 Å². The van der Waals surface area contributed by atoms with Crippen LogP contribution in [-0.2, 0) is 16.0 Å². The van der Waals surface area contributed by atoms with Crippen LogP contribution in [0.5, 0.6) is 5.75 Å². The molecule has 3 aliphatic rings. The second kappa shape index (κ2) is 8.27. The van der Waals surface area contributed by atoms with Gasteiger partial charge in [-0.1, -0.05) is 25.8 Å². The predicted octanol–water partition coefficient (Wildman–Crippen LogP) is 4.72. The molecule has 5 atom stereocenters. The molecule has 162 valence electrons. The molecular weight excluding hydrogens is 376 g/mol. The number of rotatable bonds is 4. The Labute approximate surface area is 180 Å². The number of unbranched alkanes of at least 4 members (excludes halogenated alkanes) is 1. The van der Waals surface area contributed by atoms with E-state index < -0.39 is 5.60 Å². The number of benzene rings is 1. The Morgan fingerprint density at radius 1 is 1.27 bits per heavy atom. The highest BCUT2D eigenvalue weighted by Gasteiger charge is 2.61. The summed E-state index contributed by atoms with van der Waals surface area (Å²) in [7, 11) is 0. The fourth-order valence-electron chi connectivity index (χ4n) is 6.45. The van der Waals surface area contributed by atoms with Crippen LogP contribution in [0.3, 0.4) is 0 Å². The SMILES string of the molecule is CCC(=O)OCCCC#C[C@]1(O)CCC2C3CCc4cc(O)ccc4C3CC[C@@]21C. The number of fused-ring (bicyclic) bond motifs is 5. The molecule has 0 heterocycles. The number of phenolic OH excluding ortho intramolecular Hbond substituents is 1. The number of carbonyl (C=O) groups excluding carboxylic acids is 1. The van der Waals surface area contributed by atoms with Crippen LogP contribution in [0.15, 0.2) is 18.2 Å². The maximum Gasteiger partial charge on any atom is 0.305 e. The van der Waals surface area contributed by atoms with E-state index in [0.717, 1.165) is 38.5 Å². The number of aryl methyl sites for hydroxylation is 1. The molecule has 0 radical (unpaired) electrons. The molecule has 3 aliphatic carbocycles. The van der Waals surface area contributed by atoms with E-state index in [1.165, 1.54) is 11.1 Å². The quantitative estimate of drug-likeness (QED) is 0.428.